The third kappa shape index (κ3) is 4.29. The van der Waals surface area contributed by atoms with Crippen LogP contribution in [0.4, 0.5) is 5.82 Å². The molecule has 0 aliphatic carbocycles. The van der Waals surface area contributed by atoms with E-state index >= 15 is 0 Å². The van der Waals surface area contributed by atoms with Crippen LogP contribution in [0.2, 0.25) is 5.02 Å². The van der Waals surface area contributed by atoms with Gasteiger partial charge in [0.2, 0.25) is 5.88 Å². The summed E-state index contributed by atoms with van der Waals surface area (Å²) in [5.74, 6) is 1.50. The lowest BCUT2D eigenvalue weighted by Crippen LogP contribution is -1.97. The molecular formula is C21H17ClN4O2. The Morgan fingerprint density at radius 3 is 2.61 bits per heavy atom. The molecule has 3 aromatic heterocycles. The molecule has 7 heteroatoms. The highest BCUT2D eigenvalue weighted by Gasteiger charge is 2.12. The first kappa shape index (κ1) is 18.0. The zero-order valence-corrected chi connectivity index (χ0v) is 15.6. The van der Waals surface area contributed by atoms with E-state index in [2.05, 4.69) is 15.1 Å². The maximum absolute atomic E-state index is 5.99. The van der Waals surface area contributed by atoms with Gasteiger partial charge in [-0.2, -0.15) is 0 Å². The van der Waals surface area contributed by atoms with Crippen LogP contribution in [0.3, 0.4) is 0 Å². The number of benzene rings is 1. The van der Waals surface area contributed by atoms with E-state index in [1.54, 1.807) is 12.3 Å². The molecule has 2 N–H and O–H groups in total. The number of hydrogen-bond donors (Lipinski definition) is 1. The van der Waals surface area contributed by atoms with Crippen LogP contribution in [0.25, 0.3) is 11.3 Å². The molecule has 0 fully saturated rings. The summed E-state index contributed by atoms with van der Waals surface area (Å²) in [5, 5.41) is 4.61. The predicted molar refractivity (Wildman–Crippen MR) is 107 cm³/mol. The van der Waals surface area contributed by atoms with E-state index in [1.807, 2.05) is 48.5 Å². The first-order valence-corrected chi connectivity index (χ1v) is 9.04. The van der Waals surface area contributed by atoms with Crippen molar-refractivity contribution in [1.82, 2.24) is 15.1 Å². The van der Waals surface area contributed by atoms with Crippen LogP contribution in [0.1, 0.15) is 16.8 Å². The van der Waals surface area contributed by atoms with E-state index in [0.29, 0.717) is 41.1 Å². The highest BCUT2D eigenvalue weighted by molar-refractivity contribution is 6.30. The summed E-state index contributed by atoms with van der Waals surface area (Å²) in [6.45, 7) is 0.465. The molecule has 0 bridgehead atoms. The molecule has 4 aromatic rings. The van der Waals surface area contributed by atoms with Crippen molar-refractivity contribution in [3.8, 4) is 17.2 Å². The molecule has 0 saturated carbocycles. The van der Waals surface area contributed by atoms with Gasteiger partial charge in [0.15, 0.2) is 5.76 Å². The summed E-state index contributed by atoms with van der Waals surface area (Å²) in [7, 11) is 0. The fraction of sp³-hybridized carbons (Fsp3) is 0.0952. The van der Waals surface area contributed by atoms with Gasteiger partial charge in [0.1, 0.15) is 12.4 Å². The number of rotatable bonds is 6. The number of halogens is 1. The lowest BCUT2D eigenvalue weighted by molar-refractivity contribution is 0.294. The zero-order chi connectivity index (χ0) is 19.3. The number of nitrogen functional groups attached to an aromatic ring is 1. The minimum Gasteiger partial charge on any atom is -0.473 e. The largest absolute Gasteiger partial charge is 0.473 e. The van der Waals surface area contributed by atoms with E-state index in [0.717, 1.165) is 16.8 Å². The van der Waals surface area contributed by atoms with E-state index in [4.69, 9.17) is 26.6 Å². The minimum absolute atomic E-state index is 0.351. The molecule has 6 nitrogen and oxygen atoms in total. The SMILES string of the molecule is Nc1ncc(Cl)cc1-c1cc(Cc2ccc(COc3ccccn3)cc2)no1. The Morgan fingerprint density at radius 1 is 1.00 bits per heavy atom. The Labute approximate surface area is 166 Å². The maximum Gasteiger partial charge on any atom is 0.213 e. The van der Waals surface area contributed by atoms with Crippen molar-refractivity contribution in [1.29, 1.82) is 0 Å². The lowest BCUT2D eigenvalue weighted by Gasteiger charge is -2.05. The van der Waals surface area contributed by atoms with E-state index in [-0.39, 0.29) is 0 Å². The van der Waals surface area contributed by atoms with Crippen molar-refractivity contribution in [2.45, 2.75) is 13.0 Å². The Hall–Kier alpha value is -3.38. The van der Waals surface area contributed by atoms with Gasteiger partial charge in [0, 0.05) is 30.9 Å². The van der Waals surface area contributed by atoms with E-state index in [9.17, 15) is 0 Å². The van der Waals surface area contributed by atoms with Gasteiger partial charge in [-0.3, -0.25) is 0 Å². The second kappa shape index (κ2) is 8.10. The molecule has 28 heavy (non-hydrogen) atoms. The van der Waals surface area contributed by atoms with Crippen molar-refractivity contribution in [2.75, 3.05) is 5.73 Å². The van der Waals surface area contributed by atoms with Gasteiger partial charge < -0.3 is 15.0 Å². The van der Waals surface area contributed by atoms with Crippen LogP contribution in [-0.4, -0.2) is 15.1 Å². The number of anilines is 1. The summed E-state index contributed by atoms with van der Waals surface area (Å²) in [5.41, 5.74) is 9.50. The van der Waals surface area contributed by atoms with Gasteiger partial charge in [-0.05, 0) is 23.3 Å². The summed E-state index contributed by atoms with van der Waals surface area (Å²) in [6.07, 6.45) is 3.84. The number of nitrogens with zero attached hydrogens (tertiary/aromatic N) is 3. The molecular weight excluding hydrogens is 376 g/mol. The number of nitrogens with two attached hydrogens (primary N) is 1. The molecule has 0 aliphatic heterocycles. The zero-order valence-electron chi connectivity index (χ0n) is 14.9. The maximum atomic E-state index is 5.99. The van der Waals surface area contributed by atoms with Crippen molar-refractivity contribution >= 4 is 17.4 Å². The molecule has 0 atom stereocenters. The van der Waals surface area contributed by atoms with Gasteiger partial charge in [-0.25, -0.2) is 9.97 Å². The highest BCUT2D eigenvalue weighted by atomic mass is 35.5. The van der Waals surface area contributed by atoms with Crippen molar-refractivity contribution < 1.29 is 9.26 Å². The Morgan fingerprint density at radius 2 is 1.82 bits per heavy atom. The normalized spacial score (nSPS) is 10.8. The number of pyridine rings is 2. The first-order valence-electron chi connectivity index (χ1n) is 8.66. The van der Waals surface area contributed by atoms with Crippen LogP contribution < -0.4 is 10.5 Å². The molecule has 1 aromatic carbocycles. The van der Waals surface area contributed by atoms with Crippen LogP contribution in [0, 0.1) is 0 Å². The smallest absolute Gasteiger partial charge is 0.213 e. The molecule has 140 valence electrons. The van der Waals surface area contributed by atoms with E-state index in [1.165, 1.54) is 6.20 Å². The third-order valence-electron chi connectivity index (χ3n) is 4.14. The molecule has 0 radical (unpaired) electrons. The molecule has 0 amide bonds. The quantitative estimate of drug-likeness (QED) is 0.518. The van der Waals surface area contributed by atoms with Gasteiger partial charge in [0.25, 0.3) is 0 Å². The molecule has 0 unspecified atom stereocenters. The van der Waals surface area contributed by atoms with Gasteiger partial charge in [-0.15, -0.1) is 0 Å². The molecule has 0 spiro atoms. The Balaban J connectivity index is 1.41. The van der Waals surface area contributed by atoms with Gasteiger partial charge in [-0.1, -0.05) is 47.1 Å². The van der Waals surface area contributed by atoms with Crippen molar-refractivity contribution in [3.05, 3.63) is 88.8 Å². The van der Waals surface area contributed by atoms with E-state index < -0.39 is 0 Å². The monoisotopic (exact) mass is 392 g/mol. The van der Waals surface area contributed by atoms with Crippen LogP contribution >= 0.6 is 11.6 Å². The summed E-state index contributed by atoms with van der Waals surface area (Å²) < 4.78 is 11.1. The van der Waals surface area contributed by atoms with Crippen molar-refractivity contribution in [3.63, 3.8) is 0 Å². The Kier molecular flexibility index (Phi) is 5.21. The molecule has 3 heterocycles. The highest BCUT2D eigenvalue weighted by Crippen LogP contribution is 2.28. The predicted octanol–water partition coefficient (Wildman–Crippen LogP) is 4.54. The molecule has 0 aliphatic rings. The van der Waals surface area contributed by atoms with Gasteiger partial charge in [0.05, 0.1) is 16.3 Å². The summed E-state index contributed by atoms with van der Waals surface area (Å²) in [6, 6.07) is 17.3. The summed E-state index contributed by atoms with van der Waals surface area (Å²) in [4.78, 5) is 8.18. The number of aromatic nitrogens is 3. The fourth-order valence-electron chi connectivity index (χ4n) is 2.72. The Bertz CT molecular complexity index is 1070. The second-order valence-electron chi connectivity index (χ2n) is 6.22. The molecule has 4 rings (SSSR count). The second-order valence-corrected chi connectivity index (χ2v) is 6.66. The lowest BCUT2D eigenvalue weighted by atomic mass is 10.1. The first-order chi connectivity index (χ1) is 13.7. The van der Waals surface area contributed by atoms with Crippen LogP contribution in [0.15, 0.2) is 71.5 Å². The molecule has 0 saturated heterocycles. The average molecular weight is 393 g/mol. The average Bonchev–Trinajstić information content (AvgIpc) is 3.18. The number of hydrogen-bond acceptors (Lipinski definition) is 6. The fourth-order valence-corrected chi connectivity index (χ4v) is 2.88. The van der Waals surface area contributed by atoms with Crippen LogP contribution in [0.5, 0.6) is 5.88 Å². The van der Waals surface area contributed by atoms with Crippen molar-refractivity contribution in [2.24, 2.45) is 0 Å². The van der Waals surface area contributed by atoms with Crippen LogP contribution in [-0.2, 0) is 13.0 Å². The van der Waals surface area contributed by atoms with Gasteiger partial charge >= 0.3 is 0 Å². The number of ether oxygens (including phenoxy) is 1. The topological polar surface area (TPSA) is 87.1 Å². The summed E-state index contributed by atoms with van der Waals surface area (Å²) >= 11 is 5.99. The minimum atomic E-state index is 0.351. The standard InChI is InChI=1S/C21H17ClN4O2/c22-16-10-18(21(23)25-12-16)19-11-17(26-28-19)9-14-4-6-15(7-5-14)13-27-20-3-1-2-8-24-20/h1-8,10-12H,9,13H2,(H2,23,25). The third-order valence-corrected chi connectivity index (χ3v) is 4.35.